The number of aliphatic hydroxyl groups excluding tert-OH is 1. The van der Waals surface area contributed by atoms with Crippen LogP contribution in [0.3, 0.4) is 0 Å². The van der Waals surface area contributed by atoms with Gasteiger partial charge in [0, 0.05) is 30.1 Å². The number of aryl methyl sites for hydroxylation is 1. The first-order valence-corrected chi connectivity index (χ1v) is 12.1. The second kappa shape index (κ2) is 9.97. The first kappa shape index (κ1) is 23.8. The van der Waals surface area contributed by atoms with Crippen molar-refractivity contribution in [2.24, 2.45) is 0 Å². The molecule has 184 valence electrons. The van der Waals surface area contributed by atoms with Crippen molar-refractivity contribution in [3.8, 4) is 17.4 Å². The fourth-order valence-corrected chi connectivity index (χ4v) is 4.77. The lowest BCUT2D eigenvalue weighted by Crippen LogP contribution is -2.40. The number of hydrogen-bond acceptors (Lipinski definition) is 7. The summed E-state index contributed by atoms with van der Waals surface area (Å²) in [6.45, 7) is 5.63. The van der Waals surface area contributed by atoms with Crippen molar-refractivity contribution < 1.29 is 23.1 Å². The van der Waals surface area contributed by atoms with E-state index in [1.165, 1.54) is 0 Å². The van der Waals surface area contributed by atoms with Crippen LogP contribution in [-0.2, 0) is 0 Å². The maximum atomic E-state index is 14.7. The summed E-state index contributed by atoms with van der Waals surface area (Å²) in [5.74, 6) is 1.80. The van der Waals surface area contributed by atoms with Gasteiger partial charge >= 0.3 is 0 Å². The Hall–Kier alpha value is -2.94. The first-order chi connectivity index (χ1) is 16.9. The van der Waals surface area contributed by atoms with Gasteiger partial charge in [0.15, 0.2) is 5.76 Å². The molecule has 5 rings (SSSR count). The molecule has 1 aliphatic heterocycles. The Labute approximate surface area is 207 Å². The van der Waals surface area contributed by atoms with E-state index in [0.717, 1.165) is 36.9 Å². The molecule has 0 saturated carbocycles. The first-order valence-electron chi connectivity index (χ1n) is 11.7. The summed E-state index contributed by atoms with van der Waals surface area (Å²) in [4.78, 5) is 2.19. The van der Waals surface area contributed by atoms with E-state index in [9.17, 15) is 9.50 Å². The molecule has 1 N–H and O–H groups in total. The molecule has 7 nitrogen and oxygen atoms in total. The third-order valence-electron chi connectivity index (χ3n) is 6.54. The van der Waals surface area contributed by atoms with Crippen molar-refractivity contribution >= 4 is 22.6 Å². The number of aliphatic hydroxyl groups is 1. The number of rotatable bonds is 7. The van der Waals surface area contributed by atoms with Gasteiger partial charge in [-0.25, -0.2) is 4.39 Å². The molecule has 0 amide bonds. The summed E-state index contributed by atoms with van der Waals surface area (Å²) >= 11 is 6.04. The van der Waals surface area contributed by atoms with Crippen molar-refractivity contribution in [2.75, 3.05) is 26.2 Å². The minimum Gasteiger partial charge on any atom is -0.490 e. The highest BCUT2D eigenvalue weighted by atomic mass is 35.5. The van der Waals surface area contributed by atoms with Crippen LogP contribution in [0.15, 0.2) is 45.2 Å². The molecule has 0 bridgehead atoms. The van der Waals surface area contributed by atoms with E-state index in [0.29, 0.717) is 46.0 Å². The number of fused-ring (bicyclic) bond motifs is 1. The monoisotopic (exact) mass is 499 g/mol. The third-order valence-corrected chi connectivity index (χ3v) is 6.95. The molecule has 1 fully saturated rings. The van der Waals surface area contributed by atoms with Crippen LogP contribution in [0, 0.1) is 19.7 Å². The van der Waals surface area contributed by atoms with Crippen LogP contribution in [0.25, 0.3) is 22.6 Å². The van der Waals surface area contributed by atoms with Gasteiger partial charge in [0.05, 0.1) is 5.39 Å². The summed E-state index contributed by atoms with van der Waals surface area (Å²) in [7, 11) is 0. The lowest BCUT2D eigenvalue weighted by atomic mass is 9.88. The quantitative estimate of drug-likeness (QED) is 0.359. The second-order valence-electron chi connectivity index (χ2n) is 9.02. The van der Waals surface area contributed by atoms with Gasteiger partial charge in [0.25, 0.3) is 5.89 Å². The molecular weight excluding hydrogens is 473 g/mol. The molecule has 35 heavy (non-hydrogen) atoms. The number of hydrogen-bond donors (Lipinski definition) is 1. The van der Waals surface area contributed by atoms with E-state index < -0.39 is 6.10 Å². The molecule has 1 atom stereocenters. The second-order valence-corrected chi connectivity index (χ2v) is 9.43. The van der Waals surface area contributed by atoms with Crippen LogP contribution in [0.4, 0.5) is 4.39 Å². The van der Waals surface area contributed by atoms with Crippen molar-refractivity contribution in [2.45, 2.75) is 38.7 Å². The predicted octanol–water partition coefficient (Wildman–Crippen LogP) is 5.51. The molecule has 1 saturated heterocycles. The lowest BCUT2D eigenvalue weighted by Gasteiger charge is -2.33. The normalized spacial score (nSPS) is 16.1. The summed E-state index contributed by atoms with van der Waals surface area (Å²) in [5, 5.41) is 19.7. The minimum atomic E-state index is -0.665. The van der Waals surface area contributed by atoms with Crippen LogP contribution < -0.4 is 4.74 Å². The SMILES string of the molecule is Cc1nnc(-c2cc3c(OC[C@@H](O)CN4CCC(c5ccc(Cl)c(C)c5F)CC4)cccc3o2)o1. The van der Waals surface area contributed by atoms with Gasteiger partial charge < -0.3 is 23.6 Å². The van der Waals surface area contributed by atoms with Crippen LogP contribution in [0.5, 0.6) is 5.75 Å². The molecule has 2 aromatic heterocycles. The zero-order valence-electron chi connectivity index (χ0n) is 19.6. The average Bonchev–Trinajstić information content (AvgIpc) is 3.48. The zero-order valence-corrected chi connectivity index (χ0v) is 20.4. The van der Waals surface area contributed by atoms with Crippen molar-refractivity contribution in [3.63, 3.8) is 0 Å². The van der Waals surface area contributed by atoms with Crippen molar-refractivity contribution in [3.05, 3.63) is 64.3 Å². The molecule has 4 aromatic rings. The van der Waals surface area contributed by atoms with E-state index in [1.807, 2.05) is 18.2 Å². The fraction of sp³-hybridized carbons (Fsp3) is 0.385. The van der Waals surface area contributed by atoms with Gasteiger partial charge in [-0.15, -0.1) is 10.2 Å². The summed E-state index contributed by atoms with van der Waals surface area (Å²) in [6, 6.07) is 10.9. The van der Waals surface area contributed by atoms with E-state index in [2.05, 4.69) is 15.1 Å². The molecule has 1 aliphatic rings. The zero-order chi connectivity index (χ0) is 24.5. The predicted molar refractivity (Wildman–Crippen MR) is 130 cm³/mol. The van der Waals surface area contributed by atoms with E-state index in [-0.39, 0.29) is 18.3 Å². The molecule has 9 heteroatoms. The Morgan fingerprint density at radius 3 is 2.71 bits per heavy atom. The van der Waals surface area contributed by atoms with E-state index in [4.69, 9.17) is 25.2 Å². The van der Waals surface area contributed by atoms with Crippen molar-refractivity contribution in [1.29, 1.82) is 0 Å². The number of likely N-dealkylation sites (tertiary alicyclic amines) is 1. The highest BCUT2D eigenvalue weighted by Crippen LogP contribution is 2.34. The Balaban J connectivity index is 1.16. The van der Waals surface area contributed by atoms with Gasteiger partial charge in [-0.05, 0) is 62.5 Å². The number of piperidine rings is 1. The van der Waals surface area contributed by atoms with Crippen LogP contribution in [0.2, 0.25) is 5.02 Å². The van der Waals surface area contributed by atoms with E-state index >= 15 is 0 Å². The van der Waals surface area contributed by atoms with Gasteiger partial charge in [-0.3, -0.25) is 0 Å². The standard InChI is InChI=1S/C26H27ClFN3O4/c1-15-21(27)7-6-19(25(15)28)17-8-10-31(11-9-17)13-18(32)14-33-22-4-3-5-23-20(22)12-24(35-23)26-30-29-16(2)34-26/h3-7,12,17-18,32H,8-11,13-14H2,1-2H3/t18-/m0/s1. The van der Waals surface area contributed by atoms with Crippen LogP contribution in [-0.4, -0.2) is 52.5 Å². The molecule has 3 heterocycles. The highest BCUT2D eigenvalue weighted by molar-refractivity contribution is 6.31. The number of benzene rings is 2. The van der Waals surface area contributed by atoms with Gasteiger partial charge in [-0.1, -0.05) is 23.7 Å². The smallest absolute Gasteiger partial charge is 0.283 e. The summed E-state index contributed by atoms with van der Waals surface area (Å²) in [5.41, 5.74) is 1.87. The lowest BCUT2D eigenvalue weighted by molar-refractivity contribution is 0.0597. The van der Waals surface area contributed by atoms with Gasteiger partial charge in [-0.2, -0.15) is 0 Å². The summed E-state index contributed by atoms with van der Waals surface area (Å²) < 4.78 is 31.9. The Morgan fingerprint density at radius 2 is 1.97 bits per heavy atom. The van der Waals surface area contributed by atoms with Crippen molar-refractivity contribution in [1.82, 2.24) is 15.1 Å². The minimum absolute atomic E-state index is 0.143. The van der Waals surface area contributed by atoms with Crippen LogP contribution >= 0.6 is 11.6 Å². The van der Waals surface area contributed by atoms with E-state index in [1.54, 1.807) is 32.0 Å². The number of β-amino-alcohol motifs (C(OH)–C–C–N with tert-alkyl or cyclic N) is 1. The molecule has 0 radical (unpaired) electrons. The molecule has 0 spiro atoms. The molecule has 0 unspecified atom stereocenters. The maximum absolute atomic E-state index is 14.7. The number of aromatic nitrogens is 2. The highest BCUT2D eigenvalue weighted by Gasteiger charge is 2.25. The largest absolute Gasteiger partial charge is 0.490 e. The third kappa shape index (κ3) is 5.05. The Morgan fingerprint density at radius 1 is 1.17 bits per heavy atom. The fourth-order valence-electron chi connectivity index (χ4n) is 4.62. The molecule has 2 aromatic carbocycles. The molecule has 0 aliphatic carbocycles. The molecular formula is C26H27ClFN3O4. The summed E-state index contributed by atoms with van der Waals surface area (Å²) in [6.07, 6.45) is 0.997. The Kier molecular flexibility index (Phi) is 6.77. The van der Waals surface area contributed by atoms with Gasteiger partial charge in [0.2, 0.25) is 5.89 Å². The average molecular weight is 500 g/mol. The van der Waals surface area contributed by atoms with Gasteiger partial charge in [0.1, 0.15) is 29.9 Å². The number of halogens is 2. The van der Waals surface area contributed by atoms with Crippen LogP contribution in [0.1, 0.15) is 35.8 Å². The Bertz CT molecular complexity index is 1330. The number of furan rings is 1. The number of nitrogens with zero attached hydrogens (tertiary/aromatic N) is 3. The maximum Gasteiger partial charge on any atom is 0.283 e. The topological polar surface area (TPSA) is 84.8 Å². The number of ether oxygens (including phenoxy) is 1.